The van der Waals surface area contributed by atoms with Crippen LogP contribution < -0.4 is 15.0 Å². The van der Waals surface area contributed by atoms with E-state index in [0.29, 0.717) is 0 Å². The fourth-order valence-corrected chi connectivity index (χ4v) is 2.70. The van der Waals surface area contributed by atoms with Crippen molar-refractivity contribution in [1.82, 2.24) is 5.32 Å². The van der Waals surface area contributed by atoms with E-state index in [-0.39, 0.29) is 0 Å². The van der Waals surface area contributed by atoms with Crippen molar-refractivity contribution >= 4 is 5.69 Å². The Labute approximate surface area is 120 Å². The first-order chi connectivity index (χ1) is 9.88. The van der Waals surface area contributed by atoms with Crippen LogP contribution >= 0.6 is 0 Å². The van der Waals surface area contributed by atoms with Gasteiger partial charge < -0.3 is 15.0 Å². The molecule has 0 saturated carbocycles. The van der Waals surface area contributed by atoms with E-state index >= 15 is 0 Å². The second-order valence-electron chi connectivity index (χ2n) is 5.04. The Kier molecular flexibility index (Phi) is 3.88. The molecule has 104 valence electrons. The van der Waals surface area contributed by atoms with Gasteiger partial charge in [0.1, 0.15) is 5.75 Å². The molecule has 1 N–H and O–H groups in total. The molecule has 0 bridgehead atoms. The molecule has 0 fully saturated rings. The summed E-state index contributed by atoms with van der Waals surface area (Å²) in [4.78, 5) is 2.38. The van der Waals surface area contributed by atoms with Crippen LogP contribution in [0.1, 0.15) is 11.1 Å². The number of anilines is 1. The number of rotatable bonds is 2. The minimum atomic E-state index is 0.929. The lowest BCUT2D eigenvalue weighted by Crippen LogP contribution is -2.34. The maximum Gasteiger partial charge on any atom is 0.142 e. The minimum Gasteiger partial charge on any atom is -0.495 e. The second kappa shape index (κ2) is 5.97. The van der Waals surface area contributed by atoms with E-state index in [4.69, 9.17) is 4.74 Å². The molecule has 0 unspecified atom stereocenters. The molecule has 0 aromatic heterocycles. The van der Waals surface area contributed by atoms with Gasteiger partial charge in [-0.15, -0.1) is 0 Å². The van der Waals surface area contributed by atoms with Crippen molar-refractivity contribution in [2.75, 3.05) is 25.1 Å². The van der Waals surface area contributed by atoms with Gasteiger partial charge in [0.25, 0.3) is 0 Å². The number of ether oxygens (including phenoxy) is 1. The van der Waals surface area contributed by atoms with Crippen molar-refractivity contribution in [3.05, 3.63) is 59.7 Å². The van der Waals surface area contributed by atoms with Gasteiger partial charge in [0.2, 0.25) is 0 Å². The van der Waals surface area contributed by atoms with Gasteiger partial charge in [-0.3, -0.25) is 0 Å². The smallest absolute Gasteiger partial charge is 0.142 e. The number of nitrogens with zero attached hydrogens (tertiary/aromatic N) is 1. The lowest BCUT2D eigenvalue weighted by molar-refractivity contribution is 0.413. The average molecular weight is 268 g/mol. The van der Waals surface area contributed by atoms with Crippen LogP contribution in [0.4, 0.5) is 5.69 Å². The van der Waals surface area contributed by atoms with E-state index in [9.17, 15) is 0 Å². The number of methoxy groups -OCH3 is 1. The van der Waals surface area contributed by atoms with E-state index in [1.807, 2.05) is 12.1 Å². The molecular weight excluding hydrogens is 248 g/mol. The highest BCUT2D eigenvalue weighted by Crippen LogP contribution is 2.29. The molecule has 1 aliphatic heterocycles. The highest BCUT2D eigenvalue weighted by molar-refractivity contribution is 5.59. The standard InChI is InChI=1S/C17H20N2O/c1-20-17-9-5-4-8-16(17)19-11-10-18-12-14-6-2-3-7-15(14)13-19/h2-9,18H,10-13H2,1H3. The molecule has 3 heteroatoms. The van der Waals surface area contributed by atoms with Crippen molar-refractivity contribution in [2.45, 2.75) is 13.1 Å². The first kappa shape index (κ1) is 13.0. The van der Waals surface area contributed by atoms with Gasteiger partial charge in [0.15, 0.2) is 0 Å². The fraction of sp³-hybridized carbons (Fsp3) is 0.294. The molecule has 0 aliphatic carbocycles. The van der Waals surface area contributed by atoms with E-state index < -0.39 is 0 Å². The zero-order valence-electron chi connectivity index (χ0n) is 11.8. The van der Waals surface area contributed by atoms with Crippen molar-refractivity contribution in [2.24, 2.45) is 0 Å². The van der Waals surface area contributed by atoms with Crippen molar-refractivity contribution in [3.63, 3.8) is 0 Å². The molecule has 0 saturated heterocycles. The number of fused-ring (bicyclic) bond motifs is 1. The quantitative estimate of drug-likeness (QED) is 0.906. The van der Waals surface area contributed by atoms with Crippen LogP contribution in [0.15, 0.2) is 48.5 Å². The number of hydrogen-bond acceptors (Lipinski definition) is 3. The Bertz CT molecular complexity index is 583. The van der Waals surface area contributed by atoms with Crippen LogP contribution in [0.25, 0.3) is 0 Å². The molecule has 3 nitrogen and oxygen atoms in total. The van der Waals surface area contributed by atoms with E-state index in [1.54, 1.807) is 7.11 Å². The lowest BCUT2D eigenvalue weighted by Gasteiger charge is -2.29. The predicted octanol–water partition coefficient (Wildman–Crippen LogP) is 2.81. The third kappa shape index (κ3) is 2.63. The van der Waals surface area contributed by atoms with Gasteiger partial charge in [0, 0.05) is 26.2 Å². The van der Waals surface area contributed by atoms with Gasteiger partial charge in [-0.25, -0.2) is 0 Å². The zero-order chi connectivity index (χ0) is 13.8. The number of para-hydroxylation sites is 2. The van der Waals surface area contributed by atoms with Crippen LogP contribution in [0.5, 0.6) is 5.75 Å². The van der Waals surface area contributed by atoms with E-state index in [0.717, 1.165) is 37.6 Å². The largest absolute Gasteiger partial charge is 0.495 e. The van der Waals surface area contributed by atoms with Crippen LogP contribution in [-0.2, 0) is 13.1 Å². The second-order valence-corrected chi connectivity index (χ2v) is 5.04. The van der Waals surface area contributed by atoms with Crippen LogP contribution in [0.3, 0.4) is 0 Å². The summed E-state index contributed by atoms with van der Waals surface area (Å²) < 4.78 is 5.50. The Morgan fingerprint density at radius 3 is 2.60 bits per heavy atom. The average Bonchev–Trinajstić information content (AvgIpc) is 2.48. The summed E-state index contributed by atoms with van der Waals surface area (Å²) >= 11 is 0. The van der Waals surface area contributed by atoms with Crippen LogP contribution in [0.2, 0.25) is 0 Å². The summed E-state index contributed by atoms with van der Waals surface area (Å²) in [6.45, 7) is 3.84. The van der Waals surface area contributed by atoms with Gasteiger partial charge in [-0.2, -0.15) is 0 Å². The molecule has 0 spiro atoms. The topological polar surface area (TPSA) is 24.5 Å². The van der Waals surface area contributed by atoms with Crippen molar-refractivity contribution in [1.29, 1.82) is 0 Å². The maximum atomic E-state index is 5.50. The molecule has 1 aliphatic rings. The summed E-state index contributed by atoms with van der Waals surface area (Å²) in [6, 6.07) is 16.9. The maximum absolute atomic E-state index is 5.50. The molecule has 0 amide bonds. The Morgan fingerprint density at radius 1 is 1.00 bits per heavy atom. The number of hydrogen-bond donors (Lipinski definition) is 1. The summed E-state index contributed by atoms with van der Waals surface area (Å²) in [7, 11) is 1.73. The molecule has 20 heavy (non-hydrogen) atoms. The fourth-order valence-electron chi connectivity index (χ4n) is 2.70. The Balaban J connectivity index is 1.94. The first-order valence-electron chi connectivity index (χ1n) is 7.04. The molecule has 1 heterocycles. The highest BCUT2D eigenvalue weighted by Gasteiger charge is 2.15. The highest BCUT2D eigenvalue weighted by atomic mass is 16.5. The van der Waals surface area contributed by atoms with Gasteiger partial charge in [-0.05, 0) is 23.3 Å². The molecule has 0 atom stereocenters. The minimum absolute atomic E-state index is 0.929. The zero-order valence-corrected chi connectivity index (χ0v) is 11.8. The third-order valence-corrected chi connectivity index (χ3v) is 3.78. The van der Waals surface area contributed by atoms with Crippen LogP contribution in [-0.4, -0.2) is 20.2 Å². The number of nitrogens with one attached hydrogen (secondary N) is 1. The van der Waals surface area contributed by atoms with E-state index in [2.05, 4.69) is 46.6 Å². The monoisotopic (exact) mass is 268 g/mol. The van der Waals surface area contributed by atoms with Gasteiger partial charge >= 0.3 is 0 Å². The summed E-state index contributed by atoms with van der Waals surface area (Å²) in [5.41, 5.74) is 3.92. The molecular formula is C17H20N2O. The third-order valence-electron chi connectivity index (χ3n) is 3.78. The van der Waals surface area contributed by atoms with Gasteiger partial charge in [0.05, 0.1) is 12.8 Å². The summed E-state index contributed by atoms with van der Waals surface area (Å²) in [6.07, 6.45) is 0. The molecule has 2 aromatic carbocycles. The summed E-state index contributed by atoms with van der Waals surface area (Å²) in [5, 5.41) is 3.50. The number of benzene rings is 2. The van der Waals surface area contributed by atoms with Crippen molar-refractivity contribution in [3.8, 4) is 5.75 Å². The van der Waals surface area contributed by atoms with Crippen molar-refractivity contribution < 1.29 is 4.74 Å². The van der Waals surface area contributed by atoms with Crippen LogP contribution in [0, 0.1) is 0 Å². The van der Waals surface area contributed by atoms with E-state index in [1.165, 1.54) is 11.1 Å². The van der Waals surface area contributed by atoms with Gasteiger partial charge in [-0.1, -0.05) is 36.4 Å². The SMILES string of the molecule is COc1ccccc1N1CCNCc2ccccc2C1. The first-order valence-corrected chi connectivity index (χ1v) is 7.04. The normalized spacial score (nSPS) is 15.2. The summed E-state index contributed by atoms with van der Waals surface area (Å²) in [5.74, 6) is 0.936. The lowest BCUT2D eigenvalue weighted by atomic mass is 10.1. The molecule has 0 radical (unpaired) electrons. The Morgan fingerprint density at radius 2 is 1.75 bits per heavy atom. The Hall–Kier alpha value is -2.00. The molecule has 2 aromatic rings. The predicted molar refractivity (Wildman–Crippen MR) is 82.2 cm³/mol. The molecule has 3 rings (SSSR count).